The molecule has 20 heavy (non-hydrogen) atoms. The molecule has 1 aromatic carbocycles. The lowest BCUT2D eigenvalue weighted by molar-refractivity contribution is 0.173. The number of hydrogen-bond acceptors (Lipinski definition) is 2. The van der Waals surface area contributed by atoms with Gasteiger partial charge in [-0.2, -0.15) is 0 Å². The van der Waals surface area contributed by atoms with Crippen molar-refractivity contribution in [3.63, 3.8) is 0 Å². The summed E-state index contributed by atoms with van der Waals surface area (Å²) in [5.41, 5.74) is 3.06. The molecule has 1 saturated carbocycles. The fourth-order valence-electron chi connectivity index (χ4n) is 4.01. The average Bonchev–Trinajstić information content (AvgIpc) is 2.96. The topological polar surface area (TPSA) is 23.5 Å². The lowest BCUT2D eigenvalue weighted by Gasteiger charge is -2.40. The van der Waals surface area contributed by atoms with E-state index in [2.05, 4.69) is 29.2 Å². The molecule has 0 aromatic heterocycles. The standard InChI is InChI=1S/C18H27NO/c1-2-17(20)15-5-7-16(8-6-15)19-13-11-18(12-14-19)9-3-4-10-18/h5-8,17,20H,2-4,9-14H2,1H3. The Morgan fingerprint density at radius 2 is 1.65 bits per heavy atom. The molecule has 1 heterocycles. The van der Waals surface area contributed by atoms with Crippen LogP contribution in [-0.4, -0.2) is 18.2 Å². The maximum absolute atomic E-state index is 9.86. The summed E-state index contributed by atoms with van der Waals surface area (Å²) in [5.74, 6) is 0. The van der Waals surface area contributed by atoms with E-state index in [1.165, 1.54) is 57.3 Å². The van der Waals surface area contributed by atoms with E-state index in [0.717, 1.165) is 12.0 Å². The Morgan fingerprint density at radius 1 is 1.05 bits per heavy atom. The molecular weight excluding hydrogens is 246 g/mol. The number of hydrogen-bond donors (Lipinski definition) is 1. The van der Waals surface area contributed by atoms with Crippen molar-refractivity contribution in [1.29, 1.82) is 0 Å². The van der Waals surface area contributed by atoms with Gasteiger partial charge in [-0.25, -0.2) is 0 Å². The zero-order chi connectivity index (χ0) is 14.0. The highest BCUT2D eigenvalue weighted by molar-refractivity contribution is 5.48. The van der Waals surface area contributed by atoms with Crippen molar-refractivity contribution in [1.82, 2.24) is 0 Å². The fourth-order valence-corrected chi connectivity index (χ4v) is 4.01. The van der Waals surface area contributed by atoms with Crippen molar-refractivity contribution in [3.8, 4) is 0 Å². The second kappa shape index (κ2) is 5.77. The monoisotopic (exact) mass is 273 g/mol. The molecule has 1 aromatic rings. The van der Waals surface area contributed by atoms with Crippen LogP contribution in [0.4, 0.5) is 5.69 Å². The van der Waals surface area contributed by atoms with Gasteiger partial charge in [-0.05, 0) is 55.2 Å². The van der Waals surface area contributed by atoms with Gasteiger partial charge in [-0.15, -0.1) is 0 Å². The molecule has 2 fully saturated rings. The van der Waals surface area contributed by atoms with E-state index in [4.69, 9.17) is 0 Å². The molecule has 1 aliphatic heterocycles. The average molecular weight is 273 g/mol. The molecule has 0 radical (unpaired) electrons. The first-order chi connectivity index (χ1) is 9.72. The maximum atomic E-state index is 9.86. The summed E-state index contributed by atoms with van der Waals surface area (Å²) in [7, 11) is 0. The van der Waals surface area contributed by atoms with Gasteiger partial charge >= 0.3 is 0 Å². The highest BCUT2D eigenvalue weighted by atomic mass is 16.3. The third kappa shape index (κ3) is 2.71. The van der Waals surface area contributed by atoms with Crippen LogP contribution < -0.4 is 4.90 Å². The summed E-state index contributed by atoms with van der Waals surface area (Å²) in [6.07, 6.45) is 9.02. The van der Waals surface area contributed by atoms with E-state index < -0.39 is 0 Å². The van der Waals surface area contributed by atoms with Crippen LogP contribution in [0.2, 0.25) is 0 Å². The second-order valence-corrected chi connectivity index (χ2v) is 6.71. The first-order valence-electron chi connectivity index (χ1n) is 8.25. The molecule has 2 nitrogen and oxygen atoms in total. The minimum Gasteiger partial charge on any atom is -0.388 e. The molecule has 0 amide bonds. The Labute approximate surface area is 122 Å². The van der Waals surface area contributed by atoms with Gasteiger partial charge in [-0.3, -0.25) is 0 Å². The van der Waals surface area contributed by atoms with Crippen molar-refractivity contribution in [2.24, 2.45) is 5.41 Å². The number of nitrogens with zero attached hydrogens (tertiary/aromatic N) is 1. The molecule has 110 valence electrons. The van der Waals surface area contributed by atoms with Crippen LogP contribution in [-0.2, 0) is 0 Å². The number of rotatable bonds is 3. The van der Waals surface area contributed by atoms with Crippen LogP contribution in [0.5, 0.6) is 0 Å². The normalized spacial score (nSPS) is 23.2. The van der Waals surface area contributed by atoms with Crippen LogP contribution in [0, 0.1) is 5.41 Å². The predicted molar refractivity (Wildman–Crippen MR) is 84.0 cm³/mol. The maximum Gasteiger partial charge on any atom is 0.0787 e. The third-order valence-electron chi connectivity index (χ3n) is 5.52. The van der Waals surface area contributed by atoms with Crippen LogP contribution in [0.1, 0.15) is 63.5 Å². The largest absolute Gasteiger partial charge is 0.388 e. The minimum absolute atomic E-state index is 0.313. The van der Waals surface area contributed by atoms with Crippen molar-refractivity contribution in [2.45, 2.75) is 58.0 Å². The summed E-state index contributed by atoms with van der Waals surface area (Å²) in [4.78, 5) is 2.52. The SMILES string of the molecule is CCC(O)c1ccc(N2CCC3(CCCC3)CC2)cc1. The Morgan fingerprint density at radius 3 is 2.20 bits per heavy atom. The van der Waals surface area contributed by atoms with Crippen molar-refractivity contribution in [3.05, 3.63) is 29.8 Å². The zero-order valence-electron chi connectivity index (χ0n) is 12.6. The van der Waals surface area contributed by atoms with Gasteiger partial charge in [0, 0.05) is 18.8 Å². The molecule has 1 N–H and O–H groups in total. The van der Waals surface area contributed by atoms with Crippen LogP contribution in [0.15, 0.2) is 24.3 Å². The number of piperidine rings is 1. The van der Waals surface area contributed by atoms with E-state index in [0.29, 0.717) is 5.41 Å². The lowest BCUT2D eigenvalue weighted by atomic mass is 9.77. The first-order valence-corrected chi connectivity index (χ1v) is 8.25. The molecule has 1 aliphatic carbocycles. The van der Waals surface area contributed by atoms with Crippen LogP contribution >= 0.6 is 0 Å². The summed E-state index contributed by atoms with van der Waals surface area (Å²) < 4.78 is 0. The molecule has 0 bridgehead atoms. The van der Waals surface area contributed by atoms with Crippen molar-refractivity contribution in [2.75, 3.05) is 18.0 Å². The quantitative estimate of drug-likeness (QED) is 0.888. The minimum atomic E-state index is -0.313. The van der Waals surface area contributed by atoms with Crippen LogP contribution in [0.3, 0.4) is 0 Å². The van der Waals surface area contributed by atoms with E-state index >= 15 is 0 Å². The molecule has 1 atom stereocenters. The fraction of sp³-hybridized carbons (Fsp3) is 0.667. The van der Waals surface area contributed by atoms with Gasteiger partial charge in [0.2, 0.25) is 0 Å². The molecule has 3 rings (SSSR count). The van der Waals surface area contributed by atoms with E-state index in [9.17, 15) is 5.11 Å². The van der Waals surface area contributed by atoms with Gasteiger partial charge in [-0.1, -0.05) is 31.9 Å². The number of benzene rings is 1. The first kappa shape index (κ1) is 13.9. The number of anilines is 1. The van der Waals surface area contributed by atoms with E-state index in [1.54, 1.807) is 0 Å². The highest BCUT2D eigenvalue weighted by Gasteiger charge is 2.36. The van der Waals surface area contributed by atoms with Crippen molar-refractivity contribution >= 4 is 5.69 Å². The molecular formula is C18H27NO. The number of aliphatic hydroxyl groups is 1. The number of aliphatic hydroxyl groups excluding tert-OH is 1. The summed E-state index contributed by atoms with van der Waals surface area (Å²) in [6.45, 7) is 4.43. The van der Waals surface area contributed by atoms with Gasteiger partial charge in [0.05, 0.1) is 6.10 Å². The lowest BCUT2D eigenvalue weighted by Crippen LogP contribution is -2.38. The zero-order valence-corrected chi connectivity index (χ0v) is 12.6. The predicted octanol–water partition coefficient (Wildman–Crippen LogP) is 4.29. The summed E-state index contributed by atoms with van der Waals surface area (Å²) >= 11 is 0. The van der Waals surface area contributed by atoms with E-state index in [1.807, 2.05) is 6.92 Å². The third-order valence-corrected chi connectivity index (χ3v) is 5.52. The Hall–Kier alpha value is -1.02. The summed E-state index contributed by atoms with van der Waals surface area (Å²) in [5, 5.41) is 9.86. The van der Waals surface area contributed by atoms with Gasteiger partial charge < -0.3 is 10.0 Å². The van der Waals surface area contributed by atoms with Gasteiger partial charge in [0.25, 0.3) is 0 Å². The Bertz CT molecular complexity index is 423. The van der Waals surface area contributed by atoms with Crippen molar-refractivity contribution < 1.29 is 5.11 Å². The molecule has 2 aliphatic rings. The molecule has 1 saturated heterocycles. The smallest absolute Gasteiger partial charge is 0.0787 e. The highest BCUT2D eigenvalue weighted by Crippen LogP contribution is 2.46. The van der Waals surface area contributed by atoms with Gasteiger partial charge in [0.15, 0.2) is 0 Å². The van der Waals surface area contributed by atoms with Crippen LogP contribution in [0.25, 0.3) is 0 Å². The summed E-state index contributed by atoms with van der Waals surface area (Å²) in [6, 6.07) is 8.54. The molecule has 1 unspecified atom stereocenters. The van der Waals surface area contributed by atoms with Gasteiger partial charge in [0.1, 0.15) is 0 Å². The van der Waals surface area contributed by atoms with E-state index in [-0.39, 0.29) is 6.10 Å². The Balaban J connectivity index is 1.63. The second-order valence-electron chi connectivity index (χ2n) is 6.71. The molecule has 1 spiro atoms. The Kier molecular flexibility index (Phi) is 4.02. The molecule has 2 heteroatoms.